The molecule has 2 N–H and O–H groups in total. The molecule has 1 amide bonds. The van der Waals surface area contributed by atoms with Gasteiger partial charge in [0.15, 0.2) is 0 Å². The molecule has 4 nitrogen and oxygen atoms in total. The van der Waals surface area contributed by atoms with Gasteiger partial charge < -0.3 is 10.6 Å². The number of carbonyl (C=O) groups excluding carboxylic acids is 1. The number of hydrogen-bond acceptors (Lipinski definition) is 3. The molecule has 0 atom stereocenters. The first-order valence-corrected chi connectivity index (χ1v) is 5.47. The number of alkyl halides is 3. The van der Waals surface area contributed by atoms with Crippen LogP contribution in [-0.2, 0) is 0 Å². The third kappa shape index (κ3) is 5.03. The Morgan fingerprint density at radius 2 is 2.11 bits per heavy atom. The van der Waals surface area contributed by atoms with E-state index >= 15 is 0 Å². The molecule has 1 aromatic rings. The zero-order valence-corrected chi connectivity index (χ0v) is 9.84. The average molecular weight is 261 g/mol. The van der Waals surface area contributed by atoms with E-state index in [2.05, 4.69) is 15.6 Å². The summed E-state index contributed by atoms with van der Waals surface area (Å²) >= 11 is 0. The summed E-state index contributed by atoms with van der Waals surface area (Å²) in [7, 11) is 0. The van der Waals surface area contributed by atoms with Crippen LogP contribution in [0, 0.1) is 0 Å². The number of halogens is 3. The molecule has 0 aliphatic rings. The van der Waals surface area contributed by atoms with Gasteiger partial charge in [-0.3, -0.25) is 4.79 Å². The second kappa shape index (κ2) is 6.23. The second-order valence-corrected chi connectivity index (χ2v) is 3.58. The van der Waals surface area contributed by atoms with Crippen LogP contribution in [0.1, 0.15) is 23.7 Å². The molecule has 7 heteroatoms. The minimum Gasteiger partial charge on any atom is -0.370 e. The van der Waals surface area contributed by atoms with Gasteiger partial charge in [-0.05, 0) is 19.1 Å². The number of anilines is 1. The largest absolute Gasteiger partial charge is 0.390 e. The van der Waals surface area contributed by atoms with E-state index in [4.69, 9.17) is 0 Å². The van der Waals surface area contributed by atoms with Crippen molar-refractivity contribution in [3.05, 3.63) is 23.9 Å². The molecule has 0 bridgehead atoms. The van der Waals surface area contributed by atoms with Gasteiger partial charge in [0.2, 0.25) is 0 Å². The van der Waals surface area contributed by atoms with E-state index in [0.29, 0.717) is 12.4 Å². The second-order valence-electron chi connectivity index (χ2n) is 3.58. The summed E-state index contributed by atoms with van der Waals surface area (Å²) < 4.78 is 35.6. The Bertz CT molecular complexity index is 390. The number of carbonyl (C=O) groups is 1. The van der Waals surface area contributed by atoms with Gasteiger partial charge in [0.25, 0.3) is 5.91 Å². The quantitative estimate of drug-likeness (QED) is 0.854. The number of nitrogens with zero attached hydrogens (tertiary/aromatic N) is 1. The van der Waals surface area contributed by atoms with E-state index in [1.807, 2.05) is 6.92 Å². The van der Waals surface area contributed by atoms with E-state index in [-0.39, 0.29) is 5.56 Å². The van der Waals surface area contributed by atoms with Gasteiger partial charge in [-0.25, -0.2) is 4.98 Å². The molecule has 0 aliphatic carbocycles. The van der Waals surface area contributed by atoms with Crippen LogP contribution >= 0.6 is 0 Å². The van der Waals surface area contributed by atoms with E-state index < -0.39 is 25.0 Å². The summed E-state index contributed by atoms with van der Waals surface area (Å²) in [4.78, 5) is 15.4. The summed E-state index contributed by atoms with van der Waals surface area (Å²) in [6.07, 6.45) is -3.98. The van der Waals surface area contributed by atoms with Crippen molar-refractivity contribution in [2.45, 2.75) is 19.5 Å². The summed E-state index contributed by atoms with van der Waals surface area (Å²) in [5.74, 6) is 0.0548. The highest BCUT2D eigenvalue weighted by atomic mass is 19.4. The summed E-state index contributed by atoms with van der Waals surface area (Å²) in [5.41, 5.74) is 0.235. The Balaban J connectivity index is 2.46. The number of nitrogens with one attached hydrogen (secondary N) is 2. The Morgan fingerprint density at radius 3 is 2.61 bits per heavy atom. The third-order valence-corrected chi connectivity index (χ3v) is 2.08. The fraction of sp³-hybridized carbons (Fsp3) is 0.455. The van der Waals surface area contributed by atoms with Crippen molar-refractivity contribution < 1.29 is 18.0 Å². The summed E-state index contributed by atoms with van der Waals surface area (Å²) in [6, 6.07) is 3.11. The van der Waals surface area contributed by atoms with Crippen molar-refractivity contribution in [1.82, 2.24) is 10.3 Å². The lowest BCUT2D eigenvalue weighted by molar-refractivity contribution is -0.132. The Hall–Kier alpha value is -1.79. The van der Waals surface area contributed by atoms with Crippen LogP contribution in [0.25, 0.3) is 0 Å². The van der Waals surface area contributed by atoms with Crippen LogP contribution in [0.5, 0.6) is 0 Å². The van der Waals surface area contributed by atoms with Gasteiger partial charge in [0.05, 0.1) is 12.0 Å². The molecule has 1 heterocycles. The van der Waals surface area contributed by atoms with Gasteiger partial charge in [-0.2, -0.15) is 13.2 Å². The molecule has 0 aliphatic heterocycles. The smallest absolute Gasteiger partial charge is 0.370 e. The van der Waals surface area contributed by atoms with Crippen molar-refractivity contribution in [2.75, 3.05) is 18.4 Å². The molecule has 0 spiro atoms. The number of amides is 1. The van der Waals surface area contributed by atoms with Crippen LogP contribution in [0.3, 0.4) is 0 Å². The van der Waals surface area contributed by atoms with E-state index in [1.54, 1.807) is 6.07 Å². The van der Waals surface area contributed by atoms with E-state index in [0.717, 1.165) is 0 Å². The summed E-state index contributed by atoms with van der Waals surface area (Å²) in [6.45, 7) is 2.17. The standard InChI is InChI=1S/C11H14F3N3O/c1-2-15-9-4-3-8(7-17-9)10(18)16-6-5-11(12,13)14/h3-4,7H,2,5-6H2,1H3,(H,15,17)(H,16,18). The monoisotopic (exact) mass is 261 g/mol. The fourth-order valence-electron chi connectivity index (χ4n) is 1.23. The lowest BCUT2D eigenvalue weighted by atomic mass is 10.2. The number of pyridine rings is 1. The van der Waals surface area contributed by atoms with Crippen LogP contribution in [0.2, 0.25) is 0 Å². The van der Waals surface area contributed by atoms with E-state index in [1.165, 1.54) is 12.3 Å². The topological polar surface area (TPSA) is 54.0 Å². The number of aromatic nitrogens is 1. The summed E-state index contributed by atoms with van der Waals surface area (Å²) in [5, 5.41) is 5.13. The van der Waals surface area contributed by atoms with Crippen LogP contribution in [0.15, 0.2) is 18.3 Å². The molecular weight excluding hydrogens is 247 g/mol. The zero-order valence-electron chi connectivity index (χ0n) is 9.84. The normalized spacial score (nSPS) is 11.1. The molecule has 0 unspecified atom stereocenters. The van der Waals surface area contributed by atoms with Gasteiger partial charge in [0, 0.05) is 19.3 Å². The van der Waals surface area contributed by atoms with Crippen LogP contribution in [0.4, 0.5) is 19.0 Å². The Labute approximate surface area is 103 Å². The molecule has 0 saturated heterocycles. The predicted octanol–water partition coefficient (Wildman–Crippen LogP) is 2.20. The molecule has 0 fully saturated rings. The molecule has 18 heavy (non-hydrogen) atoms. The molecule has 100 valence electrons. The Kier molecular flexibility index (Phi) is 4.94. The highest BCUT2D eigenvalue weighted by Gasteiger charge is 2.26. The fourth-order valence-corrected chi connectivity index (χ4v) is 1.23. The third-order valence-electron chi connectivity index (χ3n) is 2.08. The first kappa shape index (κ1) is 14.3. The van der Waals surface area contributed by atoms with Gasteiger partial charge >= 0.3 is 6.18 Å². The van der Waals surface area contributed by atoms with Crippen molar-refractivity contribution in [2.24, 2.45) is 0 Å². The molecule has 1 aromatic heterocycles. The lowest BCUT2D eigenvalue weighted by Gasteiger charge is -2.08. The van der Waals surface area contributed by atoms with Crippen molar-refractivity contribution >= 4 is 11.7 Å². The first-order chi connectivity index (χ1) is 8.42. The molecule has 0 aromatic carbocycles. The Morgan fingerprint density at radius 1 is 1.39 bits per heavy atom. The number of hydrogen-bond donors (Lipinski definition) is 2. The molecule has 0 saturated carbocycles. The highest BCUT2D eigenvalue weighted by molar-refractivity contribution is 5.94. The van der Waals surface area contributed by atoms with Crippen LogP contribution < -0.4 is 10.6 Å². The maximum Gasteiger partial charge on any atom is 0.390 e. The predicted molar refractivity (Wildman–Crippen MR) is 61.4 cm³/mol. The van der Waals surface area contributed by atoms with E-state index in [9.17, 15) is 18.0 Å². The first-order valence-electron chi connectivity index (χ1n) is 5.47. The molecule has 0 radical (unpaired) electrons. The maximum atomic E-state index is 11.9. The zero-order chi connectivity index (χ0) is 13.6. The average Bonchev–Trinajstić information content (AvgIpc) is 2.28. The van der Waals surface area contributed by atoms with Crippen molar-refractivity contribution in [1.29, 1.82) is 0 Å². The van der Waals surface area contributed by atoms with Gasteiger partial charge in [-0.1, -0.05) is 0 Å². The van der Waals surface area contributed by atoms with Crippen molar-refractivity contribution in [3.8, 4) is 0 Å². The minimum absolute atomic E-state index is 0.235. The number of rotatable bonds is 5. The van der Waals surface area contributed by atoms with Crippen molar-refractivity contribution in [3.63, 3.8) is 0 Å². The maximum absolute atomic E-state index is 11.9. The molecule has 1 rings (SSSR count). The highest BCUT2D eigenvalue weighted by Crippen LogP contribution is 2.18. The minimum atomic E-state index is -4.26. The SMILES string of the molecule is CCNc1ccc(C(=O)NCCC(F)(F)F)cn1. The van der Waals surface area contributed by atoms with Gasteiger partial charge in [-0.15, -0.1) is 0 Å². The van der Waals surface area contributed by atoms with Gasteiger partial charge in [0.1, 0.15) is 5.82 Å². The van der Waals surface area contributed by atoms with Crippen LogP contribution in [-0.4, -0.2) is 30.2 Å². The lowest BCUT2D eigenvalue weighted by Crippen LogP contribution is -2.28. The molecular formula is C11H14F3N3O.